The van der Waals surface area contributed by atoms with Gasteiger partial charge in [0.15, 0.2) is 5.78 Å². The van der Waals surface area contributed by atoms with Crippen molar-refractivity contribution in [2.45, 2.75) is 13.8 Å². The summed E-state index contributed by atoms with van der Waals surface area (Å²) in [5, 5.41) is 3.70. The summed E-state index contributed by atoms with van der Waals surface area (Å²) < 4.78 is 17.2. The van der Waals surface area contributed by atoms with Crippen LogP contribution in [0.3, 0.4) is 0 Å². The molecule has 2 rings (SSSR count). The molecule has 0 saturated heterocycles. The van der Waals surface area contributed by atoms with E-state index < -0.39 is 5.82 Å². The molecular weight excluding hydrogens is 275 g/mol. The van der Waals surface area contributed by atoms with Crippen molar-refractivity contribution in [1.82, 2.24) is 4.37 Å². The number of nitrogens with zero attached hydrogens (tertiary/aromatic N) is 1. The van der Waals surface area contributed by atoms with E-state index in [-0.39, 0.29) is 10.8 Å². The fraction of sp³-hybridized carbons (Fsp3) is 0.167. The van der Waals surface area contributed by atoms with Crippen LogP contribution >= 0.6 is 23.1 Å². The Kier molecular flexibility index (Phi) is 3.63. The molecule has 1 aromatic carbocycles. The molecule has 0 saturated carbocycles. The Morgan fingerprint density at radius 1 is 1.50 bits per heavy atom. The van der Waals surface area contributed by atoms with E-state index in [2.05, 4.69) is 9.69 Å². The summed E-state index contributed by atoms with van der Waals surface area (Å²) in [5.41, 5.74) is 1.86. The summed E-state index contributed by atoms with van der Waals surface area (Å²) in [5.74, 6) is -0.536. The normalized spacial score (nSPS) is 10.4. The lowest BCUT2D eigenvalue weighted by Gasteiger charge is -2.06. The molecule has 0 amide bonds. The number of hydrogen-bond acceptors (Lipinski definition) is 4. The zero-order valence-corrected chi connectivity index (χ0v) is 11.3. The first kappa shape index (κ1) is 13.0. The Morgan fingerprint density at radius 3 is 2.83 bits per heavy atom. The fourth-order valence-electron chi connectivity index (χ4n) is 1.57. The number of ketones is 1. The molecule has 0 aliphatic carbocycles. The van der Waals surface area contributed by atoms with Crippen LogP contribution < -0.4 is 5.32 Å². The van der Waals surface area contributed by atoms with Gasteiger partial charge in [-0.3, -0.25) is 4.79 Å². The van der Waals surface area contributed by atoms with E-state index in [9.17, 15) is 9.18 Å². The third kappa shape index (κ3) is 2.52. The topological polar surface area (TPSA) is 42.0 Å². The van der Waals surface area contributed by atoms with Gasteiger partial charge in [-0.2, -0.15) is 4.37 Å². The quantitative estimate of drug-likeness (QED) is 0.859. The molecule has 2 aromatic rings. The van der Waals surface area contributed by atoms with Crippen LogP contribution in [0.25, 0.3) is 0 Å². The van der Waals surface area contributed by atoms with Gasteiger partial charge >= 0.3 is 0 Å². The molecule has 0 radical (unpaired) electrons. The van der Waals surface area contributed by atoms with Crippen molar-refractivity contribution in [1.29, 1.82) is 0 Å². The Morgan fingerprint density at radius 2 is 2.22 bits per heavy atom. The second-order valence-electron chi connectivity index (χ2n) is 3.78. The third-order valence-electron chi connectivity index (χ3n) is 2.39. The van der Waals surface area contributed by atoms with Crippen LogP contribution in [-0.4, -0.2) is 10.2 Å². The Labute approximate surface area is 113 Å². The number of hydrogen-bond donors (Lipinski definition) is 1. The standard InChI is InChI=1S/C12H10ClFN2OS/c1-6-11(7(2)17)12(18-16-6)15-8-3-4-10(14)9(13)5-8/h3-5,15H,1-2H3. The van der Waals surface area contributed by atoms with Crippen LogP contribution in [0.2, 0.25) is 5.02 Å². The lowest BCUT2D eigenvalue weighted by Crippen LogP contribution is -1.98. The molecule has 1 N–H and O–H groups in total. The molecule has 0 atom stereocenters. The number of benzene rings is 1. The number of aromatic nitrogens is 1. The van der Waals surface area contributed by atoms with Crippen LogP contribution in [0.4, 0.5) is 15.1 Å². The van der Waals surface area contributed by atoms with Crippen molar-refractivity contribution in [3.8, 4) is 0 Å². The van der Waals surface area contributed by atoms with Crippen LogP contribution in [0.15, 0.2) is 18.2 Å². The molecule has 0 aliphatic rings. The number of rotatable bonds is 3. The van der Waals surface area contributed by atoms with Gasteiger partial charge in [0, 0.05) is 5.69 Å². The van der Waals surface area contributed by atoms with Crippen molar-refractivity contribution >= 4 is 39.6 Å². The highest BCUT2D eigenvalue weighted by atomic mass is 35.5. The summed E-state index contributed by atoms with van der Waals surface area (Å²) in [6, 6.07) is 4.29. The van der Waals surface area contributed by atoms with Crippen LogP contribution in [-0.2, 0) is 0 Å². The van der Waals surface area contributed by atoms with E-state index in [0.29, 0.717) is 21.9 Å². The van der Waals surface area contributed by atoms with Gasteiger partial charge in [0.05, 0.1) is 16.3 Å². The zero-order chi connectivity index (χ0) is 13.3. The number of carbonyl (C=O) groups is 1. The van der Waals surface area contributed by atoms with Crippen molar-refractivity contribution < 1.29 is 9.18 Å². The predicted molar refractivity (Wildman–Crippen MR) is 71.5 cm³/mol. The minimum atomic E-state index is -0.477. The lowest BCUT2D eigenvalue weighted by atomic mass is 10.2. The van der Waals surface area contributed by atoms with Crippen LogP contribution in [0, 0.1) is 12.7 Å². The highest BCUT2D eigenvalue weighted by Crippen LogP contribution is 2.29. The molecule has 1 aromatic heterocycles. The number of anilines is 2. The molecule has 6 heteroatoms. The zero-order valence-electron chi connectivity index (χ0n) is 9.75. The Balaban J connectivity index is 2.34. The summed E-state index contributed by atoms with van der Waals surface area (Å²) in [6.45, 7) is 3.26. The lowest BCUT2D eigenvalue weighted by molar-refractivity contribution is 0.101. The number of carbonyl (C=O) groups excluding carboxylic acids is 1. The molecule has 1 heterocycles. The maximum atomic E-state index is 13.0. The highest BCUT2D eigenvalue weighted by Gasteiger charge is 2.15. The van der Waals surface area contributed by atoms with E-state index in [1.165, 1.54) is 30.6 Å². The fourth-order valence-corrected chi connectivity index (χ4v) is 2.62. The average molecular weight is 285 g/mol. The number of Topliss-reactive ketones (excluding diaryl/α,β-unsaturated/α-hetero) is 1. The van der Waals surface area contributed by atoms with Gasteiger partial charge in [-0.15, -0.1) is 0 Å². The number of aryl methyl sites for hydroxylation is 1. The monoisotopic (exact) mass is 284 g/mol. The molecule has 18 heavy (non-hydrogen) atoms. The van der Waals surface area contributed by atoms with E-state index in [4.69, 9.17) is 11.6 Å². The SMILES string of the molecule is CC(=O)c1c(C)nsc1Nc1ccc(F)c(Cl)c1. The highest BCUT2D eigenvalue weighted by molar-refractivity contribution is 7.10. The van der Waals surface area contributed by atoms with Crippen molar-refractivity contribution in [3.05, 3.63) is 40.3 Å². The van der Waals surface area contributed by atoms with Crippen molar-refractivity contribution in [2.75, 3.05) is 5.32 Å². The average Bonchev–Trinajstić information content (AvgIpc) is 2.65. The number of halogens is 2. The van der Waals surface area contributed by atoms with E-state index in [0.717, 1.165) is 0 Å². The minimum Gasteiger partial charge on any atom is -0.345 e. The van der Waals surface area contributed by atoms with Crippen molar-refractivity contribution in [3.63, 3.8) is 0 Å². The summed E-state index contributed by atoms with van der Waals surface area (Å²) in [4.78, 5) is 11.5. The third-order valence-corrected chi connectivity index (χ3v) is 3.54. The summed E-state index contributed by atoms with van der Waals surface area (Å²) in [6.07, 6.45) is 0. The first-order valence-corrected chi connectivity index (χ1v) is 6.33. The molecule has 0 fully saturated rings. The Hall–Kier alpha value is -1.46. The van der Waals surface area contributed by atoms with Crippen molar-refractivity contribution in [2.24, 2.45) is 0 Å². The van der Waals surface area contributed by atoms with E-state index in [1.54, 1.807) is 13.0 Å². The molecule has 0 unspecified atom stereocenters. The first-order valence-electron chi connectivity index (χ1n) is 5.18. The van der Waals surface area contributed by atoms with E-state index >= 15 is 0 Å². The second-order valence-corrected chi connectivity index (χ2v) is 4.96. The summed E-state index contributed by atoms with van der Waals surface area (Å²) in [7, 11) is 0. The number of nitrogens with one attached hydrogen (secondary N) is 1. The molecule has 0 aliphatic heterocycles. The van der Waals surface area contributed by atoms with Gasteiger partial charge in [-0.1, -0.05) is 11.6 Å². The molecular formula is C12H10ClFN2OS. The van der Waals surface area contributed by atoms with Gasteiger partial charge in [0.1, 0.15) is 10.8 Å². The molecule has 0 bridgehead atoms. The largest absolute Gasteiger partial charge is 0.345 e. The van der Waals surface area contributed by atoms with E-state index in [1.807, 2.05) is 0 Å². The maximum absolute atomic E-state index is 13.0. The molecule has 0 spiro atoms. The minimum absolute atomic E-state index is 0.0330. The van der Waals surface area contributed by atoms with Gasteiger partial charge < -0.3 is 5.32 Å². The first-order chi connectivity index (χ1) is 8.49. The van der Waals surface area contributed by atoms with Gasteiger partial charge in [0.2, 0.25) is 0 Å². The summed E-state index contributed by atoms with van der Waals surface area (Å²) >= 11 is 6.88. The van der Waals surface area contributed by atoms with Gasteiger partial charge in [-0.05, 0) is 43.6 Å². The Bertz CT molecular complexity index is 612. The smallest absolute Gasteiger partial charge is 0.164 e. The van der Waals surface area contributed by atoms with Crippen LogP contribution in [0.1, 0.15) is 23.0 Å². The van der Waals surface area contributed by atoms with Crippen LogP contribution in [0.5, 0.6) is 0 Å². The molecule has 94 valence electrons. The van der Waals surface area contributed by atoms with Gasteiger partial charge in [0.25, 0.3) is 0 Å². The second kappa shape index (κ2) is 5.04. The van der Waals surface area contributed by atoms with Gasteiger partial charge in [-0.25, -0.2) is 4.39 Å². The molecule has 3 nitrogen and oxygen atoms in total. The predicted octanol–water partition coefficient (Wildman–Crippen LogP) is 4.19. The maximum Gasteiger partial charge on any atom is 0.164 e.